The molecule has 12 nitrogen and oxygen atoms in total. The molecule has 1 fully saturated rings. The minimum Gasteiger partial charge on any atom is -0.493 e. The molecule has 1 aliphatic rings. The second-order valence-electron chi connectivity index (χ2n) is 7.73. The van der Waals surface area contributed by atoms with Crippen molar-refractivity contribution in [3.8, 4) is 11.5 Å². The normalized spacial score (nSPS) is 14.0. The second-order valence-corrected chi connectivity index (χ2v) is 7.73. The van der Waals surface area contributed by atoms with E-state index in [2.05, 4.69) is 10.1 Å². The highest BCUT2D eigenvalue weighted by atomic mass is 16.6. The highest BCUT2D eigenvalue weighted by Gasteiger charge is 2.34. The number of non-ortho nitro benzene ring substituents is 1. The predicted molar refractivity (Wildman–Crippen MR) is 128 cm³/mol. The molecule has 2 heterocycles. The summed E-state index contributed by atoms with van der Waals surface area (Å²) in [6.45, 7) is -0.122. The van der Waals surface area contributed by atoms with Gasteiger partial charge in [0.2, 0.25) is 5.76 Å². The van der Waals surface area contributed by atoms with E-state index in [1.165, 1.54) is 44.6 Å². The first-order valence-electron chi connectivity index (χ1n) is 10.9. The van der Waals surface area contributed by atoms with Gasteiger partial charge in [-0.1, -0.05) is 12.1 Å². The molecule has 0 atom stereocenters. The summed E-state index contributed by atoms with van der Waals surface area (Å²) in [4.78, 5) is 48.4. The van der Waals surface area contributed by atoms with Crippen LogP contribution >= 0.6 is 0 Å². The fraction of sp³-hybridized carbons (Fsp3) is 0.160. The molecular formula is C25H21N3O9. The first-order chi connectivity index (χ1) is 17.8. The molecule has 0 radical (unpaired) electrons. The van der Waals surface area contributed by atoms with Crippen LogP contribution in [0.1, 0.15) is 27.4 Å². The molecule has 1 saturated heterocycles. The van der Waals surface area contributed by atoms with Gasteiger partial charge in [0.05, 0.1) is 25.7 Å². The fourth-order valence-electron chi connectivity index (χ4n) is 3.53. The van der Waals surface area contributed by atoms with Crippen molar-refractivity contribution in [1.82, 2.24) is 10.2 Å². The zero-order valence-electron chi connectivity index (χ0n) is 19.8. The minimum absolute atomic E-state index is 0.00168. The number of carbonyl (C=O) groups excluding carboxylic acids is 3. The highest BCUT2D eigenvalue weighted by Crippen LogP contribution is 2.34. The number of hydrogen-bond acceptors (Lipinski definition) is 9. The maximum absolute atomic E-state index is 13.0. The van der Waals surface area contributed by atoms with E-state index in [0.717, 1.165) is 4.90 Å². The third-order valence-corrected chi connectivity index (χ3v) is 5.38. The van der Waals surface area contributed by atoms with Crippen molar-refractivity contribution in [2.75, 3.05) is 14.2 Å². The molecule has 37 heavy (non-hydrogen) atoms. The number of benzene rings is 2. The average molecular weight is 507 g/mol. The molecule has 0 saturated carbocycles. The van der Waals surface area contributed by atoms with Crippen LogP contribution in [-0.4, -0.2) is 42.0 Å². The number of nitro groups is 1. The summed E-state index contributed by atoms with van der Waals surface area (Å²) < 4.78 is 21.3. The van der Waals surface area contributed by atoms with Crippen molar-refractivity contribution in [3.63, 3.8) is 0 Å². The van der Waals surface area contributed by atoms with Gasteiger partial charge in [-0.3, -0.25) is 19.8 Å². The number of furan rings is 1. The van der Waals surface area contributed by atoms with Gasteiger partial charge in [-0.25, -0.2) is 9.59 Å². The van der Waals surface area contributed by atoms with Crippen molar-refractivity contribution in [2.24, 2.45) is 0 Å². The van der Waals surface area contributed by atoms with E-state index in [9.17, 15) is 24.5 Å². The number of para-hydroxylation sites is 1. The standard InChI is InChI=1S/C25H21N3O9/c1-34-20-5-3-4-16(22(20)36-14-15-6-8-17(9-7-15)28(32)33)12-19-23(29)27(25(31)26-19)13-18-10-11-21(37-18)24(30)35-2/h3-12H,13-14H2,1-2H3,(H,26,31)/b19-12-. The third kappa shape index (κ3) is 5.42. The number of imide groups is 1. The quantitative estimate of drug-likeness (QED) is 0.150. The lowest BCUT2D eigenvalue weighted by Crippen LogP contribution is -2.30. The van der Waals surface area contributed by atoms with Gasteiger partial charge in [-0.15, -0.1) is 0 Å². The van der Waals surface area contributed by atoms with Gasteiger partial charge >= 0.3 is 12.0 Å². The Kier molecular flexibility index (Phi) is 7.19. The number of esters is 1. The van der Waals surface area contributed by atoms with E-state index in [0.29, 0.717) is 22.6 Å². The van der Waals surface area contributed by atoms with E-state index in [1.54, 1.807) is 30.3 Å². The van der Waals surface area contributed by atoms with Crippen LogP contribution in [0.3, 0.4) is 0 Å². The van der Waals surface area contributed by atoms with Crippen LogP contribution in [0.25, 0.3) is 6.08 Å². The van der Waals surface area contributed by atoms with Crippen LogP contribution in [0.15, 0.2) is 64.7 Å². The van der Waals surface area contributed by atoms with Gasteiger partial charge in [0.15, 0.2) is 11.5 Å². The van der Waals surface area contributed by atoms with Gasteiger partial charge < -0.3 is 23.9 Å². The molecule has 2 aromatic carbocycles. The molecule has 3 aromatic rings. The summed E-state index contributed by atoms with van der Waals surface area (Å²) in [5.41, 5.74) is 1.09. The number of urea groups is 1. The molecule has 0 unspecified atom stereocenters. The lowest BCUT2D eigenvalue weighted by Gasteiger charge is -2.14. The van der Waals surface area contributed by atoms with Crippen LogP contribution in [0.4, 0.5) is 10.5 Å². The van der Waals surface area contributed by atoms with E-state index in [4.69, 9.17) is 13.9 Å². The maximum atomic E-state index is 13.0. The lowest BCUT2D eigenvalue weighted by molar-refractivity contribution is -0.384. The van der Waals surface area contributed by atoms with Crippen LogP contribution in [-0.2, 0) is 22.7 Å². The Balaban J connectivity index is 1.54. The predicted octanol–water partition coefficient (Wildman–Crippen LogP) is 3.65. The van der Waals surface area contributed by atoms with Crippen molar-refractivity contribution in [3.05, 3.63) is 93.1 Å². The summed E-state index contributed by atoms with van der Waals surface area (Å²) in [5.74, 6) is -0.417. The van der Waals surface area contributed by atoms with Gasteiger partial charge in [0, 0.05) is 17.7 Å². The molecular weight excluding hydrogens is 486 g/mol. The molecule has 3 amide bonds. The molecule has 0 bridgehead atoms. The smallest absolute Gasteiger partial charge is 0.373 e. The number of ether oxygens (including phenoxy) is 3. The Morgan fingerprint density at radius 1 is 1.11 bits per heavy atom. The Hall–Kier alpha value is -5.13. The summed E-state index contributed by atoms with van der Waals surface area (Å²) in [5, 5.41) is 13.4. The number of methoxy groups -OCH3 is 2. The first kappa shape index (κ1) is 25.0. The van der Waals surface area contributed by atoms with Crippen molar-refractivity contribution in [1.29, 1.82) is 0 Å². The second kappa shape index (κ2) is 10.6. The van der Waals surface area contributed by atoms with Crippen LogP contribution in [0.2, 0.25) is 0 Å². The Morgan fingerprint density at radius 2 is 1.86 bits per heavy atom. The third-order valence-electron chi connectivity index (χ3n) is 5.38. The first-order valence-corrected chi connectivity index (χ1v) is 10.9. The summed E-state index contributed by atoms with van der Waals surface area (Å²) in [6.07, 6.45) is 1.45. The number of rotatable bonds is 9. The van der Waals surface area contributed by atoms with Crippen LogP contribution in [0.5, 0.6) is 11.5 Å². The number of carbonyl (C=O) groups is 3. The lowest BCUT2D eigenvalue weighted by atomic mass is 10.1. The molecule has 4 rings (SSSR count). The summed E-state index contributed by atoms with van der Waals surface area (Å²) in [6, 6.07) is 13.1. The minimum atomic E-state index is -0.677. The molecule has 0 spiro atoms. The SMILES string of the molecule is COC(=O)c1ccc(CN2C(=O)N/C(=C\c3cccc(OC)c3OCc3ccc([N+](=O)[O-])cc3)C2=O)o1. The number of amides is 3. The van der Waals surface area contributed by atoms with Gasteiger partial charge in [0.1, 0.15) is 18.1 Å². The Bertz CT molecular complexity index is 1390. The fourth-order valence-corrected chi connectivity index (χ4v) is 3.53. The number of nitro benzene ring substituents is 1. The monoisotopic (exact) mass is 507 g/mol. The number of nitrogens with one attached hydrogen (secondary N) is 1. The van der Waals surface area contributed by atoms with Crippen LogP contribution in [0, 0.1) is 10.1 Å². The van der Waals surface area contributed by atoms with Crippen molar-refractivity contribution >= 4 is 29.7 Å². The van der Waals surface area contributed by atoms with E-state index >= 15 is 0 Å². The molecule has 12 heteroatoms. The average Bonchev–Trinajstić information content (AvgIpc) is 3.48. The number of nitrogens with zero attached hydrogens (tertiary/aromatic N) is 2. The molecule has 1 N–H and O–H groups in total. The van der Waals surface area contributed by atoms with E-state index in [1.807, 2.05) is 0 Å². The zero-order chi connectivity index (χ0) is 26.5. The summed E-state index contributed by atoms with van der Waals surface area (Å²) in [7, 11) is 2.67. The largest absolute Gasteiger partial charge is 0.493 e. The molecule has 190 valence electrons. The van der Waals surface area contributed by atoms with Crippen LogP contribution < -0.4 is 14.8 Å². The topological polar surface area (TPSA) is 150 Å². The molecule has 1 aromatic heterocycles. The number of hydrogen-bond donors (Lipinski definition) is 1. The van der Waals surface area contributed by atoms with E-state index in [-0.39, 0.29) is 36.1 Å². The maximum Gasteiger partial charge on any atom is 0.373 e. The van der Waals surface area contributed by atoms with Crippen molar-refractivity contribution in [2.45, 2.75) is 13.2 Å². The van der Waals surface area contributed by atoms with Gasteiger partial charge in [0.25, 0.3) is 11.6 Å². The Labute approximate surface area is 210 Å². The highest BCUT2D eigenvalue weighted by molar-refractivity contribution is 6.14. The van der Waals surface area contributed by atoms with Crippen molar-refractivity contribution < 1.29 is 37.9 Å². The van der Waals surface area contributed by atoms with Gasteiger partial charge in [-0.2, -0.15) is 0 Å². The molecule has 0 aliphatic carbocycles. The molecule has 1 aliphatic heterocycles. The summed E-state index contributed by atoms with van der Waals surface area (Å²) >= 11 is 0. The zero-order valence-corrected chi connectivity index (χ0v) is 19.8. The van der Waals surface area contributed by atoms with E-state index < -0.39 is 22.8 Å². The Morgan fingerprint density at radius 3 is 2.54 bits per heavy atom. The van der Waals surface area contributed by atoms with Gasteiger partial charge in [-0.05, 0) is 42.0 Å².